The monoisotopic (exact) mass is 158 g/mol. The number of ether oxygens (including phenoxy) is 1. The molecule has 0 rings (SSSR count). The summed E-state index contributed by atoms with van der Waals surface area (Å²) >= 11 is 0. The van der Waals surface area contributed by atoms with Crippen molar-refractivity contribution >= 4 is 0 Å². The summed E-state index contributed by atoms with van der Waals surface area (Å²) in [5.41, 5.74) is 0. The Morgan fingerprint density at radius 2 is 1.92 bits per heavy atom. The SMILES string of the molecule is CC#CC#CC#C/C=C/COC. The molecule has 0 amide bonds. The smallest absolute Gasteiger partial charge is 0.0652 e. The second kappa shape index (κ2) is 9.38. The van der Waals surface area contributed by atoms with Crippen LogP contribution < -0.4 is 0 Å². The molecule has 0 radical (unpaired) electrons. The van der Waals surface area contributed by atoms with Gasteiger partial charge in [0.1, 0.15) is 0 Å². The van der Waals surface area contributed by atoms with E-state index in [0.29, 0.717) is 6.61 Å². The summed E-state index contributed by atoms with van der Waals surface area (Å²) < 4.78 is 4.77. The average Bonchev–Trinajstić information content (AvgIpc) is 2.10. The van der Waals surface area contributed by atoms with Crippen molar-refractivity contribution in [3.05, 3.63) is 12.2 Å². The van der Waals surface area contributed by atoms with Gasteiger partial charge in [0.2, 0.25) is 0 Å². The first kappa shape index (κ1) is 10.4. The number of methoxy groups -OCH3 is 1. The highest BCUT2D eigenvalue weighted by Gasteiger charge is 1.65. The molecule has 0 spiro atoms. The Bertz CT molecular complexity index is 304. The predicted molar refractivity (Wildman–Crippen MR) is 50.0 cm³/mol. The van der Waals surface area contributed by atoms with Gasteiger partial charge in [-0.05, 0) is 36.7 Å². The molecule has 12 heavy (non-hydrogen) atoms. The van der Waals surface area contributed by atoms with Gasteiger partial charge < -0.3 is 4.74 Å². The molecule has 1 nitrogen and oxygen atoms in total. The third-order valence-electron chi connectivity index (χ3n) is 0.849. The van der Waals surface area contributed by atoms with Crippen molar-refractivity contribution in [2.75, 3.05) is 13.7 Å². The van der Waals surface area contributed by atoms with E-state index in [4.69, 9.17) is 4.74 Å². The van der Waals surface area contributed by atoms with E-state index >= 15 is 0 Å². The van der Waals surface area contributed by atoms with Crippen molar-refractivity contribution in [3.63, 3.8) is 0 Å². The highest BCUT2D eigenvalue weighted by atomic mass is 16.5. The quantitative estimate of drug-likeness (QED) is 0.549. The zero-order chi connectivity index (χ0) is 9.07. The van der Waals surface area contributed by atoms with Crippen molar-refractivity contribution in [3.8, 4) is 35.5 Å². The summed E-state index contributed by atoms with van der Waals surface area (Å²) in [5.74, 6) is 15.8. The molecule has 0 unspecified atom stereocenters. The molecule has 0 N–H and O–H groups in total. The fourth-order valence-corrected chi connectivity index (χ4v) is 0.406. The molecule has 0 saturated carbocycles. The number of hydrogen-bond acceptors (Lipinski definition) is 1. The fraction of sp³-hybridized carbons (Fsp3) is 0.273. The average molecular weight is 158 g/mol. The molecule has 0 fully saturated rings. The van der Waals surface area contributed by atoms with Gasteiger partial charge in [-0.15, -0.1) is 0 Å². The van der Waals surface area contributed by atoms with Crippen molar-refractivity contribution in [2.45, 2.75) is 6.92 Å². The molecule has 1 heteroatoms. The van der Waals surface area contributed by atoms with E-state index in [1.807, 2.05) is 6.08 Å². The Kier molecular flexibility index (Phi) is 8.11. The van der Waals surface area contributed by atoms with E-state index < -0.39 is 0 Å². The minimum atomic E-state index is 0.580. The summed E-state index contributed by atoms with van der Waals surface area (Å²) in [6.07, 6.45) is 3.53. The van der Waals surface area contributed by atoms with Crippen LogP contribution in [-0.2, 0) is 4.74 Å². The van der Waals surface area contributed by atoms with Crippen LogP contribution in [0.25, 0.3) is 0 Å². The maximum absolute atomic E-state index is 4.77. The first-order chi connectivity index (χ1) is 5.91. The molecule has 60 valence electrons. The van der Waals surface area contributed by atoms with E-state index in [-0.39, 0.29) is 0 Å². The Morgan fingerprint density at radius 1 is 1.17 bits per heavy atom. The van der Waals surface area contributed by atoms with Crippen LogP contribution in [0, 0.1) is 35.5 Å². The van der Waals surface area contributed by atoms with Gasteiger partial charge in [-0.2, -0.15) is 0 Å². The predicted octanol–water partition coefficient (Wildman–Crippen LogP) is 1.22. The summed E-state index contributed by atoms with van der Waals surface area (Å²) in [4.78, 5) is 0. The minimum absolute atomic E-state index is 0.580. The maximum Gasteiger partial charge on any atom is 0.0652 e. The molecule has 0 saturated heterocycles. The molecule has 0 atom stereocenters. The second-order valence-electron chi connectivity index (χ2n) is 1.75. The molecular weight excluding hydrogens is 148 g/mol. The number of allylic oxidation sites excluding steroid dienone is 1. The first-order valence-electron chi connectivity index (χ1n) is 3.48. The number of hydrogen-bond donors (Lipinski definition) is 0. The lowest BCUT2D eigenvalue weighted by Crippen LogP contribution is -1.78. The summed E-state index contributed by atoms with van der Waals surface area (Å²) in [7, 11) is 1.63. The molecule has 0 bridgehead atoms. The van der Waals surface area contributed by atoms with E-state index in [2.05, 4.69) is 35.5 Å². The maximum atomic E-state index is 4.77. The Hall–Kier alpha value is -1.62. The molecule has 0 aromatic carbocycles. The van der Waals surface area contributed by atoms with Gasteiger partial charge in [-0.3, -0.25) is 0 Å². The third kappa shape index (κ3) is 8.38. The minimum Gasteiger partial charge on any atom is -0.381 e. The highest BCUT2D eigenvalue weighted by Crippen LogP contribution is 1.70. The largest absolute Gasteiger partial charge is 0.381 e. The van der Waals surface area contributed by atoms with Crippen molar-refractivity contribution < 1.29 is 4.74 Å². The molecule has 0 aliphatic heterocycles. The van der Waals surface area contributed by atoms with Crippen LogP contribution in [0.5, 0.6) is 0 Å². The summed E-state index contributed by atoms with van der Waals surface area (Å²) in [6.45, 7) is 2.32. The Labute approximate surface area is 73.8 Å². The van der Waals surface area contributed by atoms with Crippen LogP contribution in [0.3, 0.4) is 0 Å². The van der Waals surface area contributed by atoms with Gasteiger partial charge in [-0.25, -0.2) is 0 Å². The molecule has 0 aromatic heterocycles. The molecule has 0 heterocycles. The topological polar surface area (TPSA) is 9.23 Å². The molecule has 0 aromatic rings. The fourth-order valence-electron chi connectivity index (χ4n) is 0.406. The number of rotatable bonds is 2. The van der Waals surface area contributed by atoms with E-state index in [9.17, 15) is 0 Å². The van der Waals surface area contributed by atoms with Gasteiger partial charge in [0.15, 0.2) is 0 Å². The Balaban J connectivity index is 3.74. The normalized spacial score (nSPS) is 7.17. The van der Waals surface area contributed by atoms with Crippen LogP contribution in [0.4, 0.5) is 0 Å². The van der Waals surface area contributed by atoms with E-state index in [0.717, 1.165) is 0 Å². The zero-order valence-corrected chi connectivity index (χ0v) is 7.27. The Morgan fingerprint density at radius 3 is 2.58 bits per heavy atom. The molecular formula is C11H10O. The van der Waals surface area contributed by atoms with E-state index in [1.54, 1.807) is 20.1 Å². The van der Waals surface area contributed by atoms with Gasteiger partial charge in [0.05, 0.1) is 6.61 Å². The zero-order valence-electron chi connectivity index (χ0n) is 7.27. The van der Waals surface area contributed by atoms with Crippen molar-refractivity contribution in [2.24, 2.45) is 0 Å². The van der Waals surface area contributed by atoms with Crippen LogP contribution >= 0.6 is 0 Å². The van der Waals surface area contributed by atoms with Gasteiger partial charge in [0, 0.05) is 7.11 Å². The van der Waals surface area contributed by atoms with Gasteiger partial charge in [-0.1, -0.05) is 17.9 Å². The van der Waals surface area contributed by atoms with Crippen LogP contribution in [0.15, 0.2) is 12.2 Å². The van der Waals surface area contributed by atoms with Crippen LogP contribution in [0.1, 0.15) is 6.92 Å². The lowest BCUT2D eigenvalue weighted by atomic mass is 10.5. The standard InChI is InChI=1S/C11H10O/c1-3-4-5-6-7-8-9-10-11-12-2/h9-10H,11H2,1-2H3/b10-9+. The van der Waals surface area contributed by atoms with Crippen LogP contribution in [0.2, 0.25) is 0 Å². The highest BCUT2D eigenvalue weighted by molar-refractivity contribution is 5.37. The first-order valence-corrected chi connectivity index (χ1v) is 3.48. The third-order valence-corrected chi connectivity index (χ3v) is 0.849. The summed E-state index contributed by atoms with van der Waals surface area (Å²) in [6, 6.07) is 0. The summed E-state index contributed by atoms with van der Waals surface area (Å²) in [5, 5.41) is 0. The van der Waals surface area contributed by atoms with Crippen molar-refractivity contribution in [1.82, 2.24) is 0 Å². The van der Waals surface area contributed by atoms with Crippen LogP contribution in [-0.4, -0.2) is 13.7 Å². The molecule has 0 aliphatic carbocycles. The van der Waals surface area contributed by atoms with Gasteiger partial charge >= 0.3 is 0 Å². The molecule has 0 aliphatic rings. The van der Waals surface area contributed by atoms with Gasteiger partial charge in [0.25, 0.3) is 0 Å². The second-order valence-corrected chi connectivity index (χ2v) is 1.75. The van der Waals surface area contributed by atoms with Crippen molar-refractivity contribution in [1.29, 1.82) is 0 Å². The van der Waals surface area contributed by atoms with E-state index in [1.165, 1.54) is 0 Å². The lowest BCUT2D eigenvalue weighted by molar-refractivity contribution is 0.234. The lowest BCUT2D eigenvalue weighted by Gasteiger charge is -1.81.